The van der Waals surface area contributed by atoms with Gasteiger partial charge in [-0.2, -0.15) is 0 Å². The molecule has 0 rings (SSSR count). The highest BCUT2D eigenvalue weighted by Gasteiger charge is 2.33. The molecule has 14 heteroatoms. The molecule has 0 spiro atoms. The molecule has 9 N–H and O–H groups in total. The van der Waals surface area contributed by atoms with Gasteiger partial charge < -0.3 is 42.5 Å². The molecule has 14 nitrogen and oxygen atoms in total. The average molecular weight is 601 g/mol. The van der Waals surface area contributed by atoms with Crippen LogP contribution in [0, 0.1) is 17.8 Å². The SMILES string of the molecule is CC(C)C[C@H](NC(=O)[C@H](CC(C)C)NC(=O)[C@@H](NC(=O)[C@@H](N)CC(C)C)[C@@H](C)O)C(=O)N[C@@H](C)C(=O)N[C@@H](C)C(=O)O. The van der Waals surface area contributed by atoms with Gasteiger partial charge in [0.15, 0.2) is 0 Å². The second kappa shape index (κ2) is 18.3. The standard InChI is InChI=1S/C28H52N6O8/c1-13(2)10-19(29)24(37)34-22(18(9)35)27(40)33-21(12-15(5)6)26(39)32-20(11-14(3)4)25(38)30-16(7)23(36)31-17(8)28(41)42/h13-22,35H,10-12,29H2,1-9H3,(H,30,38)(H,31,36)(H,32,39)(H,33,40)(H,34,37)(H,41,42)/t16-,17-,18+,19-,20-,21-,22-/m0/s1. The van der Waals surface area contributed by atoms with Crippen LogP contribution >= 0.6 is 0 Å². The van der Waals surface area contributed by atoms with Crippen molar-refractivity contribution in [2.24, 2.45) is 23.5 Å². The number of amides is 5. The summed E-state index contributed by atoms with van der Waals surface area (Å²) >= 11 is 0. The molecule has 0 fully saturated rings. The summed E-state index contributed by atoms with van der Waals surface area (Å²) in [5.74, 6) is -4.65. The van der Waals surface area contributed by atoms with E-state index < -0.39 is 77.9 Å². The van der Waals surface area contributed by atoms with Crippen molar-refractivity contribution >= 4 is 35.5 Å². The van der Waals surface area contributed by atoms with E-state index in [1.54, 1.807) is 0 Å². The van der Waals surface area contributed by atoms with E-state index in [0.29, 0.717) is 6.42 Å². The molecular weight excluding hydrogens is 548 g/mol. The Morgan fingerprint density at radius 2 is 0.952 bits per heavy atom. The largest absolute Gasteiger partial charge is 0.480 e. The van der Waals surface area contributed by atoms with E-state index in [2.05, 4.69) is 26.6 Å². The molecule has 0 aliphatic carbocycles. The van der Waals surface area contributed by atoms with Crippen molar-refractivity contribution < 1.29 is 39.0 Å². The van der Waals surface area contributed by atoms with Gasteiger partial charge in [0.25, 0.3) is 0 Å². The van der Waals surface area contributed by atoms with E-state index in [9.17, 15) is 33.9 Å². The zero-order chi connectivity index (χ0) is 32.9. The van der Waals surface area contributed by atoms with Crippen molar-refractivity contribution in [1.29, 1.82) is 0 Å². The fourth-order valence-corrected chi connectivity index (χ4v) is 4.00. The molecule has 0 aromatic heterocycles. The van der Waals surface area contributed by atoms with E-state index in [-0.39, 0.29) is 30.6 Å². The van der Waals surface area contributed by atoms with Crippen LogP contribution in [-0.2, 0) is 28.8 Å². The molecule has 0 radical (unpaired) electrons. The topological polar surface area (TPSA) is 229 Å². The smallest absolute Gasteiger partial charge is 0.325 e. The van der Waals surface area contributed by atoms with Crippen LogP contribution in [0.15, 0.2) is 0 Å². The Kier molecular flexibility index (Phi) is 16.9. The minimum atomic E-state index is -1.37. The maximum atomic E-state index is 13.4. The third kappa shape index (κ3) is 14.6. The molecule has 7 atom stereocenters. The van der Waals surface area contributed by atoms with Gasteiger partial charge in [-0.1, -0.05) is 41.5 Å². The molecule has 0 aliphatic heterocycles. The number of nitrogens with two attached hydrogens (primary N) is 1. The number of carbonyl (C=O) groups is 6. The Balaban J connectivity index is 5.73. The summed E-state index contributed by atoms with van der Waals surface area (Å²) in [7, 11) is 0. The van der Waals surface area contributed by atoms with Crippen LogP contribution in [0.3, 0.4) is 0 Å². The highest BCUT2D eigenvalue weighted by molar-refractivity contribution is 5.96. The first kappa shape index (κ1) is 38.7. The summed E-state index contributed by atoms with van der Waals surface area (Å²) < 4.78 is 0. The van der Waals surface area contributed by atoms with Gasteiger partial charge in [-0.25, -0.2) is 0 Å². The highest BCUT2D eigenvalue weighted by atomic mass is 16.4. The second-order valence-electron chi connectivity index (χ2n) is 12.1. The summed E-state index contributed by atoms with van der Waals surface area (Å²) in [6.07, 6.45) is -0.526. The Bertz CT molecular complexity index is 939. The van der Waals surface area contributed by atoms with Crippen molar-refractivity contribution in [2.75, 3.05) is 0 Å². The number of nitrogens with one attached hydrogen (secondary N) is 5. The second-order valence-corrected chi connectivity index (χ2v) is 12.1. The van der Waals surface area contributed by atoms with Crippen LogP contribution in [0.25, 0.3) is 0 Å². The van der Waals surface area contributed by atoms with E-state index in [1.807, 2.05) is 41.5 Å². The van der Waals surface area contributed by atoms with E-state index >= 15 is 0 Å². The first-order valence-electron chi connectivity index (χ1n) is 14.4. The molecule has 5 amide bonds. The lowest BCUT2D eigenvalue weighted by Gasteiger charge is -2.28. The summed E-state index contributed by atoms with van der Waals surface area (Å²) in [6, 6.07) is -6.70. The fourth-order valence-electron chi connectivity index (χ4n) is 4.00. The molecule has 0 aliphatic rings. The number of carboxylic acid groups (broad SMARTS) is 1. The van der Waals surface area contributed by atoms with Crippen LogP contribution in [0.1, 0.15) is 81.6 Å². The molecule has 0 saturated carbocycles. The summed E-state index contributed by atoms with van der Waals surface area (Å²) in [5.41, 5.74) is 5.92. The zero-order valence-electron chi connectivity index (χ0n) is 26.3. The van der Waals surface area contributed by atoms with Crippen molar-refractivity contribution in [2.45, 2.75) is 124 Å². The molecule has 0 heterocycles. The monoisotopic (exact) mass is 600 g/mol. The van der Waals surface area contributed by atoms with Gasteiger partial charge in [0.2, 0.25) is 29.5 Å². The molecule has 42 heavy (non-hydrogen) atoms. The summed E-state index contributed by atoms with van der Waals surface area (Å²) in [4.78, 5) is 75.5. The first-order valence-corrected chi connectivity index (χ1v) is 14.4. The van der Waals surface area contributed by atoms with Gasteiger partial charge in [0.05, 0.1) is 12.1 Å². The number of aliphatic hydroxyl groups is 1. The summed E-state index contributed by atoms with van der Waals surface area (Å²) in [6.45, 7) is 15.1. The average Bonchev–Trinajstić information content (AvgIpc) is 2.84. The van der Waals surface area contributed by atoms with Gasteiger partial charge >= 0.3 is 5.97 Å². The van der Waals surface area contributed by atoms with Crippen LogP contribution in [0.4, 0.5) is 0 Å². The lowest BCUT2D eigenvalue weighted by atomic mass is 9.99. The number of hydrogen-bond donors (Lipinski definition) is 8. The predicted molar refractivity (Wildman–Crippen MR) is 157 cm³/mol. The Morgan fingerprint density at radius 3 is 1.36 bits per heavy atom. The maximum absolute atomic E-state index is 13.4. The zero-order valence-corrected chi connectivity index (χ0v) is 26.3. The van der Waals surface area contributed by atoms with Crippen LogP contribution in [0.2, 0.25) is 0 Å². The third-order valence-electron chi connectivity index (χ3n) is 6.29. The van der Waals surface area contributed by atoms with Gasteiger partial charge in [0.1, 0.15) is 30.2 Å². The van der Waals surface area contributed by atoms with Gasteiger partial charge in [-0.05, 0) is 57.8 Å². The number of carbonyl (C=O) groups excluding carboxylic acids is 5. The normalized spacial score (nSPS) is 16.4. The predicted octanol–water partition coefficient (Wildman–Crippen LogP) is -0.619. The van der Waals surface area contributed by atoms with Crippen molar-refractivity contribution in [3.05, 3.63) is 0 Å². The van der Waals surface area contributed by atoms with Crippen LogP contribution in [-0.4, -0.2) is 88.1 Å². The number of carboxylic acids is 1. The Morgan fingerprint density at radius 1 is 0.548 bits per heavy atom. The number of aliphatic carboxylic acids is 1. The maximum Gasteiger partial charge on any atom is 0.325 e. The Labute approximate surface area is 248 Å². The lowest BCUT2D eigenvalue weighted by Crippen LogP contribution is -2.61. The molecule has 0 unspecified atom stereocenters. The number of aliphatic hydroxyl groups excluding tert-OH is 1. The molecule has 0 aromatic rings. The Hall–Kier alpha value is -3.26. The van der Waals surface area contributed by atoms with Gasteiger partial charge in [-0.15, -0.1) is 0 Å². The minimum absolute atomic E-state index is 0.0414. The van der Waals surface area contributed by atoms with Crippen molar-refractivity contribution in [3.8, 4) is 0 Å². The molecule has 242 valence electrons. The molecule has 0 saturated heterocycles. The summed E-state index contributed by atoms with van der Waals surface area (Å²) in [5, 5.41) is 31.7. The van der Waals surface area contributed by atoms with E-state index in [1.165, 1.54) is 20.8 Å². The van der Waals surface area contributed by atoms with Gasteiger partial charge in [0, 0.05) is 0 Å². The fraction of sp³-hybridized carbons (Fsp3) is 0.786. The van der Waals surface area contributed by atoms with Gasteiger partial charge in [-0.3, -0.25) is 28.8 Å². The third-order valence-corrected chi connectivity index (χ3v) is 6.29. The molecule has 0 bridgehead atoms. The number of hydrogen-bond acceptors (Lipinski definition) is 8. The first-order chi connectivity index (χ1) is 19.3. The van der Waals surface area contributed by atoms with Crippen LogP contribution in [0.5, 0.6) is 0 Å². The van der Waals surface area contributed by atoms with E-state index in [0.717, 1.165) is 0 Å². The highest BCUT2D eigenvalue weighted by Crippen LogP contribution is 2.10. The lowest BCUT2D eigenvalue weighted by molar-refractivity contribution is -0.141. The quantitative estimate of drug-likeness (QED) is 0.100. The van der Waals surface area contributed by atoms with E-state index in [4.69, 9.17) is 10.8 Å². The van der Waals surface area contributed by atoms with Crippen LogP contribution < -0.4 is 32.3 Å². The number of rotatable bonds is 18. The molecular formula is C28H52N6O8. The molecule has 0 aromatic carbocycles. The minimum Gasteiger partial charge on any atom is -0.480 e. The van der Waals surface area contributed by atoms with Crippen molar-refractivity contribution in [1.82, 2.24) is 26.6 Å². The van der Waals surface area contributed by atoms with Crippen molar-refractivity contribution in [3.63, 3.8) is 0 Å².